The normalized spacial score (nSPS) is 14.8. The van der Waals surface area contributed by atoms with Crippen molar-refractivity contribution in [2.75, 3.05) is 28.4 Å². The molecule has 1 atom stereocenters. The van der Waals surface area contributed by atoms with Gasteiger partial charge in [0.2, 0.25) is 0 Å². The van der Waals surface area contributed by atoms with Crippen molar-refractivity contribution in [3.05, 3.63) is 46.5 Å². The highest BCUT2D eigenvalue weighted by atomic mass is 16.5. The van der Waals surface area contributed by atoms with Crippen molar-refractivity contribution in [2.45, 2.75) is 32.5 Å². The molecule has 2 aromatic carbocycles. The fourth-order valence-corrected chi connectivity index (χ4v) is 3.37. The molecule has 0 radical (unpaired) electrons. The van der Waals surface area contributed by atoms with Gasteiger partial charge in [-0.3, -0.25) is 0 Å². The molecule has 5 nitrogen and oxygen atoms in total. The average molecular weight is 382 g/mol. The summed E-state index contributed by atoms with van der Waals surface area (Å²) >= 11 is 0. The van der Waals surface area contributed by atoms with Crippen LogP contribution in [0.4, 0.5) is 0 Å². The van der Waals surface area contributed by atoms with E-state index in [0.717, 1.165) is 22.3 Å². The Hall–Kier alpha value is -2.84. The van der Waals surface area contributed by atoms with Crippen molar-refractivity contribution in [2.24, 2.45) is 0 Å². The van der Waals surface area contributed by atoms with Gasteiger partial charge in [-0.15, -0.1) is 0 Å². The van der Waals surface area contributed by atoms with E-state index in [1.165, 1.54) is 0 Å². The van der Waals surface area contributed by atoms with E-state index in [4.69, 9.17) is 23.7 Å². The molecule has 0 fully saturated rings. The third kappa shape index (κ3) is 3.88. The predicted octanol–water partition coefficient (Wildman–Crippen LogP) is 4.14. The van der Waals surface area contributed by atoms with Crippen LogP contribution in [0.15, 0.2) is 24.3 Å². The molecule has 1 unspecified atom stereocenters. The van der Waals surface area contributed by atoms with Crippen LogP contribution < -0.4 is 18.9 Å². The van der Waals surface area contributed by atoms with Crippen LogP contribution in [0.3, 0.4) is 0 Å². The molecule has 0 heterocycles. The van der Waals surface area contributed by atoms with Gasteiger partial charge in [0.15, 0.2) is 23.0 Å². The van der Waals surface area contributed by atoms with Crippen molar-refractivity contribution in [1.29, 1.82) is 0 Å². The summed E-state index contributed by atoms with van der Waals surface area (Å²) in [6.07, 6.45) is 0.536. The zero-order chi connectivity index (χ0) is 20.3. The summed E-state index contributed by atoms with van der Waals surface area (Å²) in [5.41, 5.74) is 3.80. The molecule has 1 aliphatic rings. The Morgan fingerprint density at radius 1 is 0.750 bits per heavy atom. The molecule has 0 saturated carbocycles. The minimum Gasteiger partial charge on any atom is -0.493 e. The van der Waals surface area contributed by atoms with Crippen LogP contribution in [0, 0.1) is 11.8 Å². The van der Waals surface area contributed by atoms with Crippen LogP contribution >= 0.6 is 0 Å². The number of rotatable bonds is 6. The van der Waals surface area contributed by atoms with Crippen LogP contribution in [-0.2, 0) is 11.2 Å². The number of methoxy groups -OCH3 is 4. The predicted molar refractivity (Wildman–Crippen MR) is 108 cm³/mol. The van der Waals surface area contributed by atoms with E-state index in [0.29, 0.717) is 29.4 Å². The highest BCUT2D eigenvalue weighted by Gasteiger charge is 2.24. The van der Waals surface area contributed by atoms with Gasteiger partial charge in [0.05, 0.1) is 40.6 Å². The topological polar surface area (TPSA) is 46.2 Å². The molecule has 0 aromatic heterocycles. The molecule has 0 bridgehead atoms. The maximum absolute atomic E-state index is 6.28. The van der Waals surface area contributed by atoms with Gasteiger partial charge in [-0.2, -0.15) is 0 Å². The number of hydrogen-bond donors (Lipinski definition) is 0. The summed E-state index contributed by atoms with van der Waals surface area (Å²) in [7, 11) is 6.50. The lowest BCUT2D eigenvalue weighted by atomic mass is 9.91. The summed E-state index contributed by atoms with van der Waals surface area (Å²) < 4.78 is 28.2. The summed E-state index contributed by atoms with van der Waals surface area (Å²) in [6, 6.07) is 7.76. The summed E-state index contributed by atoms with van der Waals surface area (Å²) in [5.74, 6) is 9.19. The molecule has 28 heavy (non-hydrogen) atoms. The zero-order valence-electron chi connectivity index (χ0n) is 17.2. The average Bonchev–Trinajstić information content (AvgIpc) is 2.69. The molecule has 5 heteroatoms. The first-order chi connectivity index (χ1) is 13.5. The Bertz CT molecular complexity index is 921. The van der Waals surface area contributed by atoms with E-state index >= 15 is 0 Å². The van der Waals surface area contributed by atoms with Crippen molar-refractivity contribution in [3.8, 4) is 34.8 Å². The monoisotopic (exact) mass is 382 g/mol. The van der Waals surface area contributed by atoms with Gasteiger partial charge < -0.3 is 23.7 Å². The lowest BCUT2D eigenvalue weighted by Gasteiger charge is -2.25. The van der Waals surface area contributed by atoms with Crippen molar-refractivity contribution < 1.29 is 23.7 Å². The fraction of sp³-hybridized carbons (Fsp3) is 0.391. The Labute approximate surface area is 166 Å². The lowest BCUT2D eigenvalue weighted by molar-refractivity contribution is 0.00649. The Morgan fingerprint density at radius 3 is 1.82 bits per heavy atom. The van der Waals surface area contributed by atoms with Gasteiger partial charge >= 0.3 is 0 Å². The molecule has 2 aromatic rings. The fourth-order valence-electron chi connectivity index (χ4n) is 3.37. The van der Waals surface area contributed by atoms with Gasteiger partial charge in [-0.1, -0.05) is 11.8 Å². The minimum atomic E-state index is -0.179. The second-order valence-electron chi connectivity index (χ2n) is 6.79. The van der Waals surface area contributed by atoms with Gasteiger partial charge in [0, 0.05) is 29.2 Å². The standard InChI is InChI=1S/C23H26O5/c1-14(2)28-19-11-17-12-22(26-5)20(24-3)9-15(17)7-8-16-10-21(25-4)23(27-6)13-18(16)19/h9-10,12-14,19H,11H2,1-6H3. The Morgan fingerprint density at radius 2 is 1.25 bits per heavy atom. The SMILES string of the molecule is COc1cc2c(cc1OC)CC(OC(C)C)c1cc(OC)c(OC)cc1C#C2. The quantitative estimate of drug-likeness (QED) is 0.703. The molecular formula is C23H26O5. The number of ether oxygens (including phenoxy) is 5. The van der Waals surface area contributed by atoms with Crippen molar-refractivity contribution >= 4 is 0 Å². The molecule has 0 aliphatic heterocycles. The summed E-state index contributed by atoms with van der Waals surface area (Å²) in [6.45, 7) is 4.06. The Kier molecular flexibility index (Phi) is 6.01. The molecule has 1 aliphatic carbocycles. The molecule has 0 amide bonds. The van der Waals surface area contributed by atoms with E-state index in [-0.39, 0.29) is 12.2 Å². The van der Waals surface area contributed by atoms with Crippen LogP contribution in [0.25, 0.3) is 0 Å². The van der Waals surface area contributed by atoms with Crippen LogP contribution in [0.5, 0.6) is 23.0 Å². The molecule has 3 rings (SSSR count). The van der Waals surface area contributed by atoms with Gasteiger partial charge in [-0.25, -0.2) is 0 Å². The van der Waals surface area contributed by atoms with E-state index in [1.54, 1.807) is 28.4 Å². The minimum absolute atomic E-state index is 0.0573. The third-order valence-electron chi connectivity index (χ3n) is 4.69. The molecule has 0 N–H and O–H groups in total. The van der Waals surface area contributed by atoms with Crippen molar-refractivity contribution in [1.82, 2.24) is 0 Å². The first kappa shape index (κ1) is 19.9. The lowest BCUT2D eigenvalue weighted by Crippen LogP contribution is -2.16. The summed E-state index contributed by atoms with van der Waals surface area (Å²) in [4.78, 5) is 0. The van der Waals surface area contributed by atoms with Crippen LogP contribution in [-0.4, -0.2) is 34.5 Å². The van der Waals surface area contributed by atoms with Crippen LogP contribution in [0.2, 0.25) is 0 Å². The molecule has 0 spiro atoms. The molecular weight excluding hydrogens is 356 g/mol. The summed E-state index contributed by atoms with van der Waals surface area (Å²) in [5, 5.41) is 0. The second-order valence-corrected chi connectivity index (χ2v) is 6.79. The number of benzene rings is 2. The smallest absolute Gasteiger partial charge is 0.161 e. The first-order valence-electron chi connectivity index (χ1n) is 9.19. The third-order valence-corrected chi connectivity index (χ3v) is 4.69. The van der Waals surface area contributed by atoms with Gasteiger partial charge in [0.25, 0.3) is 0 Å². The Balaban J connectivity index is 2.21. The maximum atomic E-state index is 6.28. The van der Waals surface area contributed by atoms with Crippen molar-refractivity contribution in [3.63, 3.8) is 0 Å². The number of fused-ring (bicyclic) bond motifs is 2. The van der Waals surface area contributed by atoms with Gasteiger partial charge in [0.1, 0.15) is 0 Å². The largest absolute Gasteiger partial charge is 0.493 e. The molecule has 0 saturated heterocycles. The highest BCUT2D eigenvalue weighted by Crippen LogP contribution is 2.39. The van der Waals surface area contributed by atoms with E-state index < -0.39 is 0 Å². The van der Waals surface area contributed by atoms with E-state index in [2.05, 4.69) is 11.8 Å². The maximum Gasteiger partial charge on any atom is 0.161 e. The molecule has 148 valence electrons. The second kappa shape index (κ2) is 8.45. The number of hydrogen-bond acceptors (Lipinski definition) is 5. The van der Waals surface area contributed by atoms with Crippen LogP contribution in [0.1, 0.15) is 42.2 Å². The zero-order valence-corrected chi connectivity index (χ0v) is 17.2. The van der Waals surface area contributed by atoms with E-state index in [1.807, 2.05) is 38.1 Å². The van der Waals surface area contributed by atoms with Gasteiger partial charge in [-0.05, 0) is 37.6 Å². The van der Waals surface area contributed by atoms with E-state index in [9.17, 15) is 0 Å². The highest BCUT2D eigenvalue weighted by molar-refractivity contribution is 5.60. The first-order valence-corrected chi connectivity index (χ1v) is 9.19.